The van der Waals surface area contributed by atoms with E-state index in [1.54, 1.807) is 30.3 Å². The molecule has 0 aliphatic rings. The molecule has 3 aromatic rings. The standard InChI is InChI=1S/C26H28N4O5S/c1-16(2)20-12-8-9-17(3)23(20)28-25(31)24(18-10-6-5-7-11-18)29(36)26(32)27-21-14-13-19(35-4)15-22(21)30(33)34/h5-16,24,36H,1-4H3,(H,27,32)(H,28,31). The number of aryl methyl sites for hydroxylation is 1. The first-order valence-corrected chi connectivity index (χ1v) is 11.6. The SMILES string of the molecule is COc1ccc(NC(=O)N(S)C(C(=O)Nc2c(C)cccc2C(C)C)c2ccccc2)c([N+](=O)[O-])c1. The molecule has 9 nitrogen and oxygen atoms in total. The summed E-state index contributed by atoms with van der Waals surface area (Å²) in [4.78, 5) is 37.6. The van der Waals surface area contributed by atoms with E-state index in [9.17, 15) is 19.7 Å². The van der Waals surface area contributed by atoms with Crippen molar-refractivity contribution in [2.24, 2.45) is 0 Å². The van der Waals surface area contributed by atoms with Crippen molar-refractivity contribution >= 4 is 41.8 Å². The maximum Gasteiger partial charge on any atom is 0.332 e. The normalized spacial score (nSPS) is 11.5. The smallest absolute Gasteiger partial charge is 0.332 e. The van der Waals surface area contributed by atoms with Crippen LogP contribution in [0.5, 0.6) is 5.75 Å². The minimum absolute atomic E-state index is 0.0573. The third-order valence-electron chi connectivity index (χ3n) is 5.63. The lowest BCUT2D eigenvalue weighted by molar-refractivity contribution is -0.384. The van der Waals surface area contributed by atoms with Gasteiger partial charge in [0.15, 0.2) is 0 Å². The summed E-state index contributed by atoms with van der Waals surface area (Å²) >= 11 is 4.35. The molecule has 0 aromatic heterocycles. The second-order valence-electron chi connectivity index (χ2n) is 8.41. The molecule has 3 aromatic carbocycles. The predicted octanol–water partition coefficient (Wildman–Crippen LogP) is 6.09. The molecule has 2 N–H and O–H groups in total. The molecule has 0 aliphatic carbocycles. The van der Waals surface area contributed by atoms with Crippen molar-refractivity contribution in [3.8, 4) is 5.75 Å². The first-order valence-electron chi connectivity index (χ1n) is 11.2. The molecule has 0 aliphatic heterocycles. The van der Waals surface area contributed by atoms with E-state index in [0.717, 1.165) is 15.4 Å². The molecule has 0 saturated carbocycles. The number of thiol groups is 1. The number of para-hydroxylation sites is 1. The van der Waals surface area contributed by atoms with Gasteiger partial charge in [0, 0.05) is 5.69 Å². The molecule has 1 unspecified atom stereocenters. The van der Waals surface area contributed by atoms with Gasteiger partial charge >= 0.3 is 6.03 Å². The number of carbonyl (C=O) groups is 2. The Bertz CT molecular complexity index is 1270. The fraction of sp³-hybridized carbons (Fsp3) is 0.231. The van der Waals surface area contributed by atoms with Crippen LogP contribution < -0.4 is 15.4 Å². The number of ether oxygens (including phenoxy) is 1. The number of hydrogen-bond donors (Lipinski definition) is 3. The lowest BCUT2D eigenvalue weighted by Crippen LogP contribution is -2.38. The quantitative estimate of drug-likeness (QED) is 0.193. The molecule has 3 rings (SSSR count). The van der Waals surface area contributed by atoms with Gasteiger partial charge in [-0.05, 0) is 41.7 Å². The Labute approximate surface area is 215 Å². The number of nitro groups is 1. The van der Waals surface area contributed by atoms with Gasteiger partial charge in [-0.15, -0.1) is 0 Å². The maximum absolute atomic E-state index is 13.6. The molecule has 1 atom stereocenters. The van der Waals surface area contributed by atoms with Crippen LogP contribution in [-0.4, -0.2) is 28.3 Å². The average molecular weight is 509 g/mol. The van der Waals surface area contributed by atoms with E-state index in [4.69, 9.17) is 4.74 Å². The molecule has 36 heavy (non-hydrogen) atoms. The Morgan fingerprint density at radius 3 is 2.33 bits per heavy atom. The molecule has 188 valence electrons. The number of methoxy groups -OCH3 is 1. The van der Waals surface area contributed by atoms with E-state index in [0.29, 0.717) is 11.3 Å². The Balaban J connectivity index is 1.95. The van der Waals surface area contributed by atoms with Crippen molar-refractivity contribution in [1.82, 2.24) is 4.31 Å². The van der Waals surface area contributed by atoms with Gasteiger partial charge in [-0.2, -0.15) is 0 Å². The molecule has 0 bridgehead atoms. The van der Waals surface area contributed by atoms with Crippen LogP contribution in [-0.2, 0) is 4.79 Å². The average Bonchev–Trinajstić information content (AvgIpc) is 2.85. The second kappa shape index (κ2) is 11.6. The number of amides is 3. The third-order valence-corrected chi connectivity index (χ3v) is 6.05. The number of nitrogens with one attached hydrogen (secondary N) is 2. The highest BCUT2D eigenvalue weighted by Crippen LogP contribution is 2.33. The summed E-state index contributed by atoms with van der Waals surface area (Å²) in [6.07, 6.45) is 0. The zero-order chi connectivity index (χ0) is 26.4. The summed E-state index contributed by atoms with van der Waals surface area (Å²) in [5, 5.41) is 17.0. The highest BCUT2D eigenvalue weighted by atomic mass is 32.1. The zero-order valence-corrected chi connectivity index (χ0v) is 21.3. The van der Waals surface area contributed by atoms with Gasteiger partial charge in [0.2, 0.25) is 0 Å². The Morgan fingerprint density at radius 1 is 1.03 bits per heavy atom. The van der Waals surface area contributed by atoms with E-state index in [2.05, 4.69) is 23.4 Å². The fourth-order valence-electron chi connectivity index (χ4n) is 3.76. The Morgan fingerprint density at radius 2 is 1.72 bits per heavy atom. The molecule has 3 amide bonds. The number of urea groups is 1. The van der Waals surface area contributed by atoms with Gasteiger partial charge in [0.25, 0.3) is 11.6 Å². The van der Waals surface area contributed by atoms with E-state index in [1.165, 1.54) is 25.3 Å². The minimum atomic E-state index is -1.13. The third kappa shape index (κ3) is 5.95. The van der Waals surface area contributed by atoms with Crippen LogP contribution in [0.3, 0.4) is 0 Å². The second-order valence-corrected chi connectivity index (χ2v) is 8.84. The lowest BCUT2D eigenvalue weighted by Gasteiger charge is -2.27. The molecular formula is C26H28N4O5S. The van der Waals surface area contributed by atoms with Crippen molar-refractivity contribution in [2.75, 3.05) is 17.7 Å². The fourth-order valence-corrected chi connectivity index (χ4v) is 4.05. The van der Waals surface area contributed by atoms with Gasteiger partial charge < -0.3 is 15.4 Å². The van der Waals surface area contributed by atoms with Crippen molar-refractivity contribution in [3.05, 3.63) is 93.5 Å². The summed E-state index contributed by atoms with van der Waals surface area (Å²) in [5.74, 6) is -0.0589. The molecule has 0 fully saturated rings. The Hall–Kier alpha value is -4.05. The van der Waals surface area contributed by atoms with E-state index >= 15 is 0 Å². The molecule has 10 heteroatoms. The highest BCUT2D eigenvalue weighted by Gasteiger charge is 2.31. The van der Waals surface area contributed by atoms with Crippen LogP contribution in [0.25, 0.3) is 0 Å². The molecular weight excluding hydrogens is 480 g/mol. The van der Waals surface area contributed by atoms with Gasteiger partial charge in [0.1, 0.15) is 17.5 Å². The van der Waals surface area contributed by atoms with Gasteiger partial charge in [-0.25, -0.2) is 4.79 Å². The van der Waals surface area contributed by atoms with Crippen molar-refractivity contribution < 1.29 is 19.2 Å². The number of hydrogen-bond acceptors (Lipinski definition) is 6. The van der Waals surface area contributed by atoms with Crippen molar-refractivity contribution in [1.29, 1.82) is 0 Å². The number of carbonyl (C=O) groups excluding carboxylic acids is 2. The minimum Gasteiger partial charge on any atom is -0.496 e. The van der Waals surface area contributed by atoms with Crippen molar-refractivity contribution in [2.45, 2.75) is 32.7 Å². The van der Waals surface area contributed by atoms with Crippen molar-refractivity contribution in [3.63, 3.8) is 0 Å². The van der Waals surface area contributed by atoms with E-state index in [-0.39, 0.29) is 23.0 Å². The summed E-state index contributed by atoms with van der Waals surface area (Å²) in [7, 11) is 1.38. The van der Waals surface area contributed by atoms with E-state index in [1.807, 2.05) is 39.0 Å². The van der Waals surface area contributed by atoms with Gasteiger partial charge in [0.05, 0.1) is 18.1 Å². The topological polar surface area (TPSA) is 114 Å². The summed E-state index contributed by atoms with van der Waals surface area (Å²) in [6.45, 7) is 5.95. The van der Waals surface area contributed by atoms with Crippen LogP contribution in [0.15, 0.2) is 66.7 Å². The first-order chi connectivity index (χ1) is 17.1. The predicted molar refractivity (Wildman–Crippen MR) is 143 cm³/mol. The van der Waals surface area contributed by atoms with Crippen LogP contribution in [0.2, 0.25) is 0 Å². The van der Waals surface area contributed by atoms with Crippen LogP contribution >= 0.6 is 12.8 Å². The highest BCUT2D eigenvalue weighted by molar-refractivity contribution is 7.78. The number of benzene rings is 3. The maximum atomic E-state index is 13.6. The van der Waals surface area contributed by atoms with Crippen LogP contribution in [0.4, 0.5) is 21.9 Å². The molecule has 0 heterocycles. The number of nitro benzene ring substituents is 1. The monoisotopic (exact) mass is 508 g/mol. The molecule has 0 radical (unpaired) electrons. The largest absolute Gasteiger partial charge is 0.496 e. The van der Waals surface area contributed by atoms with Gasteiger partial charge in [-0.1, -0.05) is 75.2 Å². The Kier molecular flexibility index (Phi) is 8.55. The lowest BCUT2D eigenvalue weighted by atomic mass is 9.97. The summed E-state index contributed by atoms with van der Waals surface area (Å²) in [6, 6.07) is 16.6. The molecule has 0 spiro atoms. The van der Waals surface area contributed by atoms with Crippen LogP contribution in [0, 0.1) is 17.0 Å². The summed E-state index contributed by atoms with van der Waals surface area (Å²) < 4.78 is 5.96. The first kappa shape index (κ1) is 26.6. The summed E-state index contributed by atoms with van der Waals surface area (Å²) in [5.41, 5.74) is 2.62. The molecule has 0 saturated heterocycles. The number of rotatable bonds is 8. The van der Waals surface area contributed by atoms with Gasteiger partial charge in [-0.3, -0.25) is 19.2 Å². The number of nitrogens with zero attached hydrogens (tertiary/aromatic N) is 2. The van der Waals surface area contributed by atoms with Crippen LogP contribution in [0.1, 0.15) is 42.5 Å². The number of anilines is 2. The van der Waals surface area contributed by atoms with E-state index < -0.39 is 22.9 Å². The zero-order valence-electron chi connectivity index (χ0n) is 20.4.